The van der Waals surface area contributed by atoms with E-state index in [9.17, 15) is 8.60 Å². The van der Waals surface area contributed by atoms with E-state index >= 15 is 0 Å². The second-order valence-electron chi connectivity index (χ2n) is 5.13. The number of nitrogens with zero attached hydrogens (tertiary/aromatic N) is 2. The fourth-order valence-electron chi connectivity index (χ4n) is 2.78. The quantitative estimate of drug-likeness (QED) is 0.861. The largest absolute Gasteiger partial charge is 0.368 e. The van der Waals surface area contributed by atoms with Crippen LogP contribution in [-0.2, 0) is 10.8 Å². The van der Waals surface area contributed by atoms with Crippen LogP contribution in [0, 0.1) is 17.1 Å². The molecule has 108 valence electrons. The summed E-state index contributed by atoms with van der Waals surface area (Å²) < 4.78 is 25.3. The van der Waals surface area contributed by atoms with E-state index in [1.807, 2.05) is 0 Å². The van der Waals surface area contributed by atoms with Gasteiger partial charge in [0, 0.05) is 29.6 Å². The molecule has 1 atom stereocenters. The Balaban J connectivity index is 2.35. The highest BCUT2D eigenvalue weighted by Gasteiger charge is 2.39. The molecule has 1 aliphatic heterocycles. The first-order valence-electron chi connectivity index (χ1n) is 6.89. The van der Waals surface area contributed by atoms with E-state index in [-0.39, 0.29) is 4.75 Å². The molecule has 1 saturated heterocycles. The van der Waals surface area contributed by atoms with Crippen molar-refractivity contribution in [1.82, 2.24) is 0 Å². The number of halogens is 1. The molecule has 0 aliphatic carbocycles. The molecule has 1 aliphatic rings. The van der Waals surface area contributed by atoms with Crippen molar-refractivity contribution in [3.63, 3.8) is 0 Å². The smallest absolute Gasteiger partial charge is 0.124 e. The van der Waals surface area contributed by atoms with E-state index in [4.69, 9.17) is 5.26 Å². The van der Waals surface area contributed by atoms with Gasteiger partial charge in [0.15, 0.2) is 0 Å². The Kier molecular flexibility index (Phi) is 4.44. The molecular weight excluding hydrogens is 275 g/mol. The van der Waals surface area contributed by atoms with E-state index < -0.39 is 16.6 Å². The molecule has 0 aromatic heterocycles. The molecule has 1 unspecified atom stereocenters. The van der Waals surface area contributed by atoms with E-state index in [1.165, 1.54) is 12.1 Å². The summed E-state index contributed by atoms with van der Waals surface area (Å²) in [5.74, 6) is 0.201. The van der Waals surface area contributed by atoms with Gasteiger partial charge in [0.2, 0.25) is 0 Å². The topological polar surface area (TPSA) is 44.1 Å². The first kappa shape index (κ1) is 15.0. The zero-order valence-corrected chi connectivity index (χ0v) is 12.7. The van der Waals surface area contributed by atoms with Crippen molar-refractivity contribution in [2.75, 3.05) is 23.7 Å². The zero-order chi connectivity index (χ0) is 14.8. The van der Waals surface area contributed by atoms with Gasteiger partial charge in [0.1, 0.15) is 11.9 Å². The highest BCUT2D eigenvalue weighted by Crippen LogP contribution is 2.32. The minimum atomic E-state index is -0.843. The van der Waals surface area contributed by atoms with Crippen LogP contribution >= 0.6 is 0 Å². The van der Waals surface area contributed by atoms with Gasteiger partial charge in [-0.3, -0.25) is 4.21 Å². The lowest BCUT2D eigenvalue weighted by Crippen LogP contribution is -2.53. The van der Waals surface area contributed by atoms with Crippen LogP contribution in [0.4, 0.5) is 10.1 Å². The van der Waals surface area contributed by atoms with E-state index in [2.05, 4.69) is 24.8 Å². The predicted octanol–water partition coefficient (Wildman–Crippen LogP) is 2.82. The Labute approximate surface area is 121 Å². The average molecular weight is 294 g/mol. The molecule has 1 aromatic carbocycles. The molecule has 2 rings (SSSR count). The zero-order valence-electron chi connectivity index (χ0n) is 11.9. The van der Waals surface area contributed by atoms with Gasteiger partial charge in [-0.2, -0.15) is 5.26 Å². The van der Waals surface area contributed by atoms with Crippen molar-refractivity contribution < 1.29 is 8.60 Å². The van der Waals surface area contributed by atoms with Crippen LogP contribution in [0.1, 0.15) is 32.3 Å². The summed E-state index contributed by atoms with van der Waals surface area (Å²) in [6.45, 7) is 5.42. The van der Waals surface area contributed by atoms with Crippen molar-refractivity contribution in [3.05, 3.63) is 29.6 Å². The van der Waals surface area contributed by atoms with Gasteiger partial charge in [-0.25, -0.2) is 4.39 Å². The number of nitriles is 1. The number of hydrogen-bond acceptors (Lipinski definition) is 3. The summed E-state index contributed by atoms with van der Waals surface area (Å²) in [7, 11) is -0.843. The molecule has 0 amide bonds. The second-order valence-corrected chi connectivity index (χ2v) is 7.10. The number of hydrogen-bond donors (Lipinski definition) is 0. The van der Waals surface area contributed by atoms with Crippen LogP contribution in [0.3, 0.4) is 0 Å². The molecule has 20 heavy (non-hydrogen) atoms. The van der Waals surface area contributed by atoms with E-state index in [0.29, 0.717) is 24.4 Å². The highest BCUT2D eigenvalue weighted by molar-refractivity contribution is 7.86. The Morgan fingerprint density at radius 2 is 2.15 bits per heavy atom. The lowest BCUT2D eigenvalue weighted by atomic mass is 10.00. The maximum absolute atomic E-state index is 13.2. The summed E-state index contributed by atoms with van der Waals surface area (Å²) in [5, 5.41) is 9.17. The molecule has 0 radical (unpaired) electrons. The van der Waals surface area contributed by atoms with Gasteiger partial charge in [-0.05, 0) is 31.0 Å². The number of benzene rings is 1. The summed E-state index contributed by atoms with van der Waals surface area (Å²) >= 11 is 0. The van der Waals surface area contributed by atoms with Crippen LogP contribution in [0.15, 0.2) is 18.2 Å². The maximum Gasteiger partial charge on any atom is 0.124 e. The molecule has 1 heterocycles. The molecule has 0 spiro atoms. The van der Waals surface area contributed by atoms with Crippen LogP contribution in [0.25, 0.3) is 0 Å². The summed E-state index contributed by atoms with van der Waals surface area (Å²) in [6.07, 6.45) is 1.69. The standard InChI is InChI=1S/C15H19FN2OS/c1-3-15(4-2)11-18(7-8-20(15)19)14-6-5-13(16)9-12(14)10-17/h5-6,9H,3-4,7-8,11H2,1-2H3. The van der Waals surface area contributed by atoms with Crippen molar-refractivity contribution in [2.24, 2.45) is 0 Å². The minimum absolute atomic E-state index is 0.223. The third kappa shape index (κ3) is 2.57. The van der Waals surface area contributed by atoms with Gasteiger partial charge in [0.25, 0.3) is 0 Å². The van der Waals surface area contributed by atoms with Gasteiger partial charge in [-0.1, -0.05) is 13.8 Å². The van der Waals surface area contributed by atoms with Crippen LogP contribution in [0.2, 0.25) is 0 Å². The molecule has 3 nitrogen and oxygen atoms in total. The monoisotopic (exact) mass is 294 g/mol. The molecule has 1 aromatic rings. The Morgan fingerprint density at radius 1 is 1.45 bits per heavy atom. The van der Waals surface area contributed by atoms with Gasteiger partial charge in [0.05, 0.1) is 16.0 Å². The Bertz CT molecular complexity index is 563. The fourth-order valence-corrected chi connectivity index (χ4v) is 4.55. The molecule has 5 heteroatoms. The molecule has 0 N–H and O–H groups in total. The van der Waals surface area contributed by atoms with Crippen molar-refractivity contribution >= 4 is 16.5 Å². The van der Waals surface area contributed by atoms with Gasteiger partial charge < -0.3 is 4.90 Å². The van der Waals surface area contributed by atoms with Crippen molar-refractivity contribution in [3.8, 4) is 6.07 Å². The first-order chi connectivity index (χ1) is 9.56. The molecule has 0 saturated carbocycles. The Hall–Kier alpha value is -1.41. The van der Waals surface area contributed by atoms with E-state index in [1.54, 1.807) is 6.07 Å². The normalized spacial score (nSPS) is 21.5. The predicted molar refractivity (Wildman–Crippen MR) is 79.7 cm³/mol. The Morgan fingerprint density at radius 3 is 2.75 bits per heavy atom. The SMILES string of the molecule is CCC1(CC)CN(c2ccc(F)cc2C#N)CCS1=O. The summed E-state index contributed by atoms with van der Waals surface area (Å²) in [5.41, 5.74) is 1.09. The van der Waals surface area contributed by atoms with Crippen LogP contribution in [-0.4, -0.2) is 27.8 Å². The second kappa shape index (κ2) is 5.92. The highest BCUT2D eigenvalue weighted by atomic mass is 32.2. The first-order valence-corrected chi connectivity index (χ1v) is 8.21. The third-order valence-electron chi connectivity index (χ3n) is 4.22. The van der Waals surface area contributed by atoms with Crippen molar-refractivity contribution in [2.45, 2.75) is 31.4 Å². The third-order valence-corrected chi connectivity index (χ3v) is 6.44. The van der Waals surface area contributed by atoms with Gasteiger partial charge in [-0.15, -0.1) is 0 Å². The molecule has 1 fully saturated rings. The van der Waals surface area contributed by atoms with Gasteiger partial charge >= 0.3 is 0 Å². The van der Waals surface area contributed by atoms with Crippen LogP contribution < -0.4 is 4.90 Å². The fraction of sp³-hybridized carbons (Fsp3) is 0.533. The summed E-state index contributed by atoms with van der Waals surface area (Å²) in [4.78, 5) is 2.08. The lowest BCUT2D eigenvalue weighted by Gasteiger charge is -2.42. The average Bonchev–Trinajstić information content (AvgIpc) is 2.48. The maximum atomic E-state index is 13.2. The van der Waals surface area contributed by atoms with Crippen molar-refractivity contribution in [1.29, 1.82) is 5.26 Å². The molecular formula is C15H19FN2OS. The number of anilines is 1. The molecule has 0 bridgehead atoms. The van der Waals surface area contributed by atoms with E-state index in [0.717, 1.165) is 18.5 Å². The van der Waals surface area contributed by atoms with Crippen LogP contribution in [0.5, 0.6) is 0 Å². The minimum Gasteiger partial charge on any atom is -0.368 e. The lowest BCUT2D eigenvalue weighted by molar-refractivity contribution is 0.496. The summed E-state index contributed by atoms with van der Waals surface area (Å²) in [6, 6.07) is 6.34. The number of rotatable bonds is 3.